The monoisotopic (exact) mass is 286 g/mol. The lowest BCUT2D eigenvalue weighted by Crippen LogP contribution is -2.56. The van der Waals surface area contributed by atoms with E-state index in [1.807, 2.05) is 0 Å². The molecule has 0 radical (unpaired) electrons. The number of amides is 2. The first-order valence-electron chi connectivity index (χ1n) is 7.18. The molecular formula is C14H26N2O4. The zero-order valence-electron chi connectivity index (χ0n) is 12.6. The zero-order chi connectivity index (χ0) is 15.3. The van der Waals surface area contributed by atoms with Crippen molar-refractivity contribution in [1.82, 2.24) is 10.2 Å². The maximum Gasteiger partial charge on any atom is 0.326 e. The van der Waals surface area contributed by atoms with Crippen molar-refractivity contribution in [1.29, 1.82) is 0 Å². The van der Waals surface area contributed by atoms with Gasteiger partial charge in [0.05, 0.1) is 0 Å². The number of hydrogen-bond donors (Lipinski definition) is 3. The van der Waals surface area contributed by atoms with E-state index in [0.717, 1.165) is 19.3 Å². The van der Waals surface area contributed by atoms with Crippen molar-refractivity contribution >= 4 is 12.0 Å². The Bertz CT molecular complexity index is 348. The Morgan fingerprint density at radius 1 is 1.35 bits per heavy atom. The number of rotatable bonds is 6. The highest BCUT2D eigenvalue weighted by Crippen LogP contribution is 2.26. The van der Waals surface area contributed by atoms with Crippen LogP contribution in [0.2, 0.25) is 0 Å². The second-order valence-electron chi connectivity index (χ2n) is 6.44. The lowest BCUT2D eigenvalue weighted by atomic mass is 9.86. The van der Waals surface area contributed by atoms with Crippen molar-refractivity contribution in [3.05, 3.63) is 0 Å². The molecule has 1 aliphatic rings. The minimum absolute atomic E-state index is 0.0259. The lowest BCUT2D eigenvalue weighted by molar-refractivity contribution is -0.142. The van der Waals surface area contributed by atoms with Gasteiger partial charge in [0.2, 0.25) is 0 Å². The summed E-state index contributed by atoms with van der Waals surface area (Å²) in [5.41, 5.74) is -0.552. The largest absolute Gasteiger partial charge is 0.480 e. The Balaban J connectivity index is 2.70. The van der Waals surface area contributed by atoms with Crippen molar-refractivity contribution in [2.75, 3.05) is 13.2 Å². The summed E-state index contributed by atoms with van der Waals surface area (Å²) in [5.74, 6) is -1.03. The lowest BCUT2D eigenvalue weighted by Gasteiger charge is -2.39. The number of urea groups is 1. The van der Waals surface area contributed by atoms with Crippen LogP contribution in [0.1, 0.15) is 46.5 Å². The molecule has 1 atom stereocenters. The van der Waals surface area contributed by atoms with Gasteiger partial charge in [-0.3, -0.25) is 0 Å². The summed E-state index contributed by atoms with van der Waals surface area (Å²) < 4.78 is 0. The van der Waals surface area contributed by atoms with E-state index in [-0.39, 0.29) is 18.7 Å². The van der Waals surface area contributed by atoms with Crippen LogP contribution in [-0.4, -0.2) is 52.3 Å². The molecule has 0 unspecified atom stereocenters. The number of nitrogens with zero attached hydrogens (tertiary/aromatic N) is 1. The second-order valence-corrected chi connectivity index (χ2v) is 6.44. The van der Waals surface area contributed by atoms with Crippen LogP contribution in [0.15, 0.2) is 0 Å². The number of nitrogens with one attached hydrogen (secondary N) is 1. The maximum atomic E-state index is 12.3. The molecule has 0 aromatic carbocycles. The average Bonchev–Trinajstić information content (AvgIpc) is 2.26. The van der Waals surface area contributed by atoms with Crippen LogP contribution < -0.4 is 5.32 Å². The van der Waals surface area contributed by atoms with E-state index in [1.165, 1.54) is 0 Å². The van der Waals surface area contributed by atoms with Gasteiger partial charge in [-0.1, -0.05) is 20.8 Å². The molecule has 1 fully saturated rings. The second kappa shape index (κ2) is 6.92. The van der Waals surface area contributed by atoms with Gasteiger partial charge >= 0.3 is 12.0 Å². The summed E-state index contributed by atoms with van der Waals surface area (Å²) in [6, 6.07) is -1.09. The Hall–Kier alpha value is -1.30. The molecule has 2 amide bonds. The van der Waals surface area contributed by atoms with E-state index in [0.29, 0.717) is 13.0 Å². The molecule has 0 aliphatic heterocycles. The SMILES string of the molecule is CC(C)(C)[C@H](NC(=O)N(CCCO)C1CCC1)C(=O)O. The van der Waals surface area contributed by atoms with Crippen LogP contribution in [0.5, 0.6) is 0 Å². The highest BCUT2D eigenvalue weighted by atomic mass is 16.4. The predicted octanol–water partition coefficient (Wildman–Crippen LogP) is 1.43. The molecule has 3 N–H and O–H groups in total. The highest BCUT2D eigenvalue weighted by molar-refractivity contribution is 5.83. The number of carbonyl (C=O) groups is 2. The Morgan fingerprint density at radius 3 is 2.30 bits per heavy atom. The number of carboxylic acid groups (broad SMARTS) is 1. The third-order valence-corrected chi connectivity index (χ3v) is 3.71. The standard InChI is InChI=1S/C14H26N2O4/c1-14(2,3)11(12(18)19)15-13(20)16(8-5-9-17)10-6-4-7-10/h10-11,17H,4-9H2,1-3H3,(H,15,20)(H,18,19)/t11-/m1/s1. The van der Waals surface area contributed by atoms with E-state index in [2.05, 4.69) is 5.32 Å². The molecule has 1 aliphatic carbocycles. The van der Waals surface area contributed by atoms with Crippen LogP contribution in [-0.2, 0) is 4.79 Å². The molecule has 20 heavy (non-hydrogen) atoms. The van der Waals surface area contributed by atoms with Crippen molar-refractivity contribution in [2.45, 2.75) is 58.5 Å². The van der Waals surface area contributed by atoms with Gasteiger partial charge in [0.15, 0.2) is 0 Å². The van der Waals surface area contributed by atoms with Crippen LogP contribution in [0.4, 0.5) is 4.79 Å². The van der Waals surface area contributed by atoms with Gasteiger partial charge < -0.3 is 20.4 Å². The molecule has 6 nitrogen and oxygen atoms in total. The van der Waals surface area contributed by atoms with Gasteiger partial charge in [-0.25, -0.2) is 9.59 Å². The normalized spacial score (nSPS) is 17.2. The van der Waals surface area contributed by atoms with Gasteiger partial charge in [0.25, 0.3) is 0 Å². The fourth-order valence-electron chi connectivity index (χ4n) is 2.24. The maximum absolute atomic E-state index is 12.3. The number of carboxylic acids is 1. The van der Waals surface area contributed by atoms with E-state index in [9.17, 15) is 14.7 Å². The van der Waals surface area contributed by atoms with E-state index < -0.39 is 17.4 Å². The molecule has 1 rings (SSSR count). The first-order chi connectivity index (χ1) is 9.27. The van der Waals surface area contributed by atoms with Gasteiger partial charge in [-0.2, -0.15) is 0 Å². The molecule has 6 heteroatoms. The minimum Gasteiger partial charge on any atom is -0.480 e. The third-order valence-electron chi connectivity index (χ3n) is 3.71. The number of aliphatic carboxylic acids is 1. The summed E-state index contributed by atoms with van der Waals surface area (Å²) in [6.07, 6.45) is 3.50. The van der Waals surface area contributed by atoms with Gasteiger partial charge in [-0.05, 0) is 31.1 Å². The average molecular weight is 286 g/mol. The van der Waals surface area contributed by atoms with Crippen molar-refractivity contribution < 1.29 is 19.8 Å². The minimum atomic E-state index is -1.03. The van der Waals surface area contributed by atoms with Crippen molar-refractivity contribution in [2.24, 2.45) is 5.41 Å². The number of aliphatic hydroxyl groups is 1. The first-order valence-corrected chi connectivity index (χ1v) is 7.18. The fourth-order valence-corrected chi connectivity index (χ4v) is 2.24. The quantitative estimate of drug-likeness (QED) is 0.689. The van der Waals surface area contributed by atoms with E-state index in [1.54, 1.807) is 25.7 Å². The number of carbonyl (C=O) groups excluding carboxylic acids is 1. The Morgan fingerprint density at radius 2 is 1.95 bits per heavy atom. The highest BCUT2D eigenvalue weighted by Gasteiger charge is 2.36. The van der Waals surface area contributed by atoms with Gasteiger partial charge in [0, 0.05) is 19.2 Å². The molecule has 116 valence electrons. The zero-order valence-corrected chi connectivity index (χ0v) is 12.6. The predicted molar refractivity (Wildman–Crippen MR) is 75.5 cm³/mol. The molecule has 0 spiro atoms. The smallest absolute Gasteiger partial charge is 0.326 e. The van der Waals surface area contributed by atoms with Crippen LogP contribution in [0.3, 0.4) is 0 Å². The Labute approximate surface area is 120 Å². The summed E-state index contributed by atoms with van der Waals surface area (Å²) in [4.78, 5) is 25.3. The number of hydrogen-bond acceptors (Lipinski definition) is 3. The summed E-state index contributed by atoms with van der Waals surface area (Å²) in [6.45, 7) is 5.84. The Kier molecular flexibility index (Phi) is 5.80. The molecule has 0 bridgehead atoms. The van der Waals surface area contributed by atoms with Crippen LogP contribution >= 0.6 is 0 Å². The summed E-state index contributed by atoms with van der Waals surface area (Å²) in [5, 5.41) is 20.8. The van der Waals surface area contributed by atoms with Gasteiger partial charge in [-0.15, -0.1) is 0 Å². The van der Waals surface area contributed by atoms with E-state index in [4.69, 9.17) is 5.11 Å². The fraction of sp³-hybridized carbons (Fsp3) is 0.857. The molecule has 0 aromatic heterocycles. The van der Waals surface area contributed by atoms with Crippen molar-refractivity contribution in [3.8, 4) is 0 Å². The van der Waals surface area contributed by atoms with Gasteiger partial charge in [0.1, 0.15) is 6.04 Å². The number of aliphatic hydroxyl groups excluding tert-OH is 1. The summed E-state index contributed by atoms with van der Waals surface area (Å²) in [7, 11) is 0. The van der Waals surface area contributed by atoms with E-state index >= 15 is 0 Å². The van der Waals surface area contributed by atoms with Crippen LogP contribution in [0, 0.1) is 5.41 Å². The van der Waals surface area contributed by atoms with Crippen LogP contribution in [0.25, 0.3) is 0 Å². The topological polar surface area (TPSA) is 89.9 Å². The molecule has 0 heterocycles. The van der Waals surface area contributed by atoms with Crippen molar-refractivity contribution in [3.63, 3.8) is 0 Å². The first kappa shape index (κ1) is 16.8. The molecular weight excluding hydrogens is 260 g/mol. The molecule has 0 saturated heterocycles. The summed E-state index contributed by atoms with van der Waals surface area (Å²) >= 11 is 0. The molecule has 1 saturated carbocycles. The molecule has 0 aromatic rings. The third kappa shape index (κ3) is 4.37.